The Hall–Kier alpha value is -2.89. The maximum atomic E-state index is 12.7. The van der Waals surface area contributed by atoms with Crippen molar-refractivity contribution < 1.29 is 14.3 Å². The molecular weight excluding hydrogens is 330 g/mol. The first kappa shape index (κ1) is 17.9. The molecule has 0 radical (unpaired) electrons. The minimum absolute atomic E-state index is 0.153. The topological polar surface area (TPSA) is 62.7 Å². The van der Waals surface area contributed by atoms with Crippen LogP contribution in [-0.2, 0) is 4.74 Å². The molecule has 6 nitrogen and oxygen atoms in total. The molecule has 0 unspecified atom stereocenters. The van der Waals surface area contributed by atoms with Crippen LogP contribution in [0.4, 0.5) is 5.69 Å². The van der Waals surface area contributed by atoms with Gasteiger partial charge in [0, 0.05) is 31.9 Å². The number of piperazine rings is 1. The van der Waals surface area contributed by atoms with Gasteiger partial charge in [0.15, 0.2) is 0 Å². The minimum Gasteiger partial charge on any atom is -0.461 e. The molecule has 1 aromatic heterocycles. The normalized spacial score (nSPS) is 14.2. The van der Waals surface area contributed by atoms with Crippen molar-refractivity contribution in [1.82, 2.24) is 9.88 Å². The summed E-state index contributed by atoms with van der Waals surface area (Å²) >= 11 is 0. The van der Waals surface area contributed by atoms with Crippen molar-refractivity contribution in [2.24, 2.45) is 0 Å². The molecule has 2 aromatic rings. The molecular formula is C20H23N3O3. The second-order valence-electron chi connectivity index (χ2n) is 6.25. The smallest absolute Gasteiger partial charge is 0.356 e. The molecule has 1 aromatic carbocycles. The Labute approximate surface area is 153 Å². The van der Waals surface area contributed by atoms with E-state index < -0.39 is 5.97 Å². The summed E-state index contributed by atoms with van der Waals surface area (Å²) in [7, 11) is 0. The second-order valence-corrected chi connectivity index (χ2v) is 6.25. The van der Waals surface area contributed by atoms with Crippen molar-refractivity contribution in [2.75, 3.05) is 37.7 Å². The summed E-state index contributed by atoms with van der Waals surface area (Å²) in [6, 6.07) is 13.2. The highest BCUT2D eigenvalue weighted by Crippen LogP contribution is 2.18. The fourth-order valence-corrected chi connectivity index (χ4v) is 3.03. The number of carbonyl (C=O) groups excluding carboxylic acids is 2. The van der Waals surface area contributed by atoms with E-state index in [0.29, 0.717) is 13.1 Å². The molecule has 1 fully saturated rings. The summed E-state index contributed by atoms with van der Waals surface area (Å²) in [6.45, 7) is 6.88. The maximum Gasteiger partial charge on any atom is 0.356 e. The molecule has 1 saturated heterocycles. The van der Waals surface area contributed by atoms with Crippen LogP contribution in [0, 0.1) is 6.92 Å². The Bertz CT molecular complexity index is 798. The summed E-state index contributed by atoms with van der Waals surface area (Å²) in [5, 5.41) is 0. The van der Waals surface area contributed by atoms with E-state index in [0.717, 1.165) is 13.1 Å². The van der Waals surface area contributed by atoms with Crippen molar-refractivity contribution in [3.05, 3.63) is 59.4 Å². The van der Waals surface area contributed by atoms with Crippen LogP contribution in [0.2, 0.25) is 0 Å². The number of pyridine rings is 1. The van der Waals surface area contributed by atoms with Crippen molar-refractivity contribution >= 4 is 17.6 Å². The van der Waals surface area contributed by atoms with E-state index in [9.17, 15) is 9.59 Å². The number of aromatic nitrogens is 1. The highest BCUT2D eigenvalue weighted by molar-refractivity contribution is 5.94. The van der Waals surface area contributed by atoms with Gasteiger partial charge in [0.05, 0.1) is 6.61 Å². The van der Waals surface area contributed by atoms with Gasteiger partial charge >= 0.3 is 5.97 Å². The predicted octanol–water partition coefficient (Wildman–Crippen LogP) is 2.53. The van der Waals surface area contributed by atoms with Crippen LogP contribution in [0.15, 0.2) is 42.5 Å². The quantitative estimate of drug-likeness (QED) is 0.791. The van der Waals surface area contributed by atoms with Gasteiger partial charge in [0.1, 0.15) is 11.4 Å². The van der Waals surface area contributed by atoms with Crippen LogP contribution in [-0.4, -0.2) is 54.5 Å². The van der Waals surface area contributed by atoms with Gasteiger partial charge in [-0.1, -0.05) is 18.2 Å². The third-order valence-corrected chi connectivity index (χ3v) is 4.39. The SMILES string of the molecule is CCOC(=O)c1cccc(C(=O)N2CCN(c3cccc(C)c3)CC2)n1. The average molecular weight is 353 g/mol. The Kier molecular flexibility index (Phi) is 5.51. The van der Waals surface area contributed by atoms with Crippen LogP contribution in [0.1, 0.15) is 33.5 Å². The highest BCUT2D eigenvalue weighted by Gasteiger charge is 2.24. The van der Waals surface area contributed by atoms with Crippen LogP contribution in [0.3, 0.4) is 0 Å². The monoisotopic (exact) mass is 353 g/mol. The number of hydrogen-bond acceptors (Lipinski definition) is 5. The van der Waals surface area contributed by atoms with Crippen molar-refractivity contribution in [2.45, 2.75) is 13.8 Å². The largest absolute Gasteiger partial charge is 0.461 e. The number of rotatable bonds is 4. The van der Waals surface area contributed by atoms with Gasteiger partial charge in [-0.05, 0) is 43.7 Å². The average Bonchev–Trinajstić information content (AvgIpc) is 2.68. The van der Waals surface area contributed by atoms with E-state index in [1.165, 1.54) is 11.3 Å². The number of anilines is 1. The van der Waals surface area contributed by atoms with Gasteiger partial charge in [0.25, 0.3) is 5.91 Å². The van der Waals surface area contributed by atoms with Gasteiger partial charge in [-0.2, -0.15) is 0 Å². The third-order valence-electron chi connectivity index (χ3n) is 4.39. The van der Waals surface area contributed by atoms with Crippen LogP contribution < -0.4 is 4.90 Å². The number of carbonyl (C=O) groups is 2. The number of nitrogens with zero attached hydrogens (tertiary/aromatic N) is 3. The van der Waals surface area contributed by atoms with Crippen molar-refractivity contribution in [3.63, 3.8) is 0 Å². The van der Waals surface area contributed by atoms with E-state index in [-0.39, 0.29) is 23.9 Å². The summed E-state index contributed by atoms with van der Waals surface area (Å²) < 4.78 is 4.95. The first-order valence-corrected chi connectivity index (χ1v) is 8.83. The lowest BCUT2D eigenvalue weighted by molar-refractivity contribution is 0.0519. The summed E-state index contributed by atoms with van der Waals surface area (Å²) in [5.74, 6) is -0.661. The van der Waals surface area contributed by atoms with E-state index in [4.69, 9.17) is 4.74 Å². The van der Waals surface area contributed by atoms with Crippen molar-refractivity contribution in [1.29, 1.82) is 0 Å². The third kappa shape index (κ3) is 4.02. The van der Waals surface area contributed by atoms with Gasteiger partial charge in [-0.3, -0.25) is 4.79 Å². The van der Waals surface area contributed by atoms with Gasteiger partial charge < -0.3 is 14.5 Å². The van der Waals surface area contributed by atoms with E-state index in [2.05, 4.69) is 35.0 Å². The molecule has 6 heteroatoms. The lowest BCUT2D eigenvalue weighted by Gasteiger charge is -2.36. The van der Waals surface area contributed by atoms with Crippen LogP contribution >= 0.6 is 0 Å². The molecule has 1 aliphatic rings. The Morgan fingerprint density at radius 2 is 1.73 bits per heavy atom. The number of amides is 1. The zero-order chi connectivity index (χ0) is 18.5. The number of hydrogen-bond donors (Lipinski definition) is 0. The Morgan fingerprint density at radius 3 is 2.42 bits per heavy atom. The molecule has 0 saturated carbocycles. The van der Waals surface area contributed by atoms with E-state index >= 15 is 0 Å². The first-order valence-electron chi connectivity index (χ1n) is 8.83. The van der Waals surface area contributed by atoms with Gasteiger partial charge in [0.2, 0.25) is 0 Å². The second kappa shape index (κ2) is 7.99. The minimum atomic E-state index is -0.508. The molecule has 2 heterocycles. The summed E-state index contributed by atoms with van der Waals surface area (Å²) in [4.78, 5) is 32.8. The fraction of sp³-hybridized carbons (Fsp3) is 0.350. The molecule has 1 aliphatic heterocycles. The number of esters is 1. The molecule has 26 heavy (non-hydrogen) atoms. The lowest BCUT2D eigenvalue weighted by atomic mass is 10.2. The molecule has 0 spiro atoms. The first-order chi connectivity index (χ1) is 12.6. The molecule has 136 valence electrons. The molecule has 0 aliphatic carbocycles. The number of aryl methyl sites for hydroxylation is 1. The number of benzene rings is 1. The summed E-state index contributed by atoms with van der Waals surface area (Å²) in [5.41, 5.74) is 2.84. The molecule has 0 N–H and O–H groups in total. The van der Waals surface area contributed by atoms with Gasteiger partial charge in [-0.15, -0.1) is 0 Å². The van der Waals surface area contributed by atoms with E-state index in [1.54, 1.807) is 30.0 Å². The zero-order valence-corrected chi connectivity index (χ0v) is 15.1. The highest BCUT2D eigenvalue weighted by atomic mass is 16.5. The number of ether oxygens (including phenoxy) is 1. The van der Waals surface area contributed by atoms with Crippen LogP contribution in [0.25, 0.3) is 0 Å². The van der Waals surface area contributed by atoms with Crippen molar-refractivity contribution in [3.8, 4) is 0 Å². The predicted molar refractivity (Wildman–Crippen MR) is 99.5 cm³/mol. The zero-order valence-electron chi connectivity index (χ0n) is 15.1. The van der Waals surface area contributed by atoms with Gasteiger partial charge in [-0.25, -0.2) is 9.78 Å². The Morgan fingerprint density at radius 1 is 1.04 bits per heavy atom. The van der Waals surface area contributed by atoms with Crippen LogP contribution in [0.5, 0.6) is 0 Å². The molecule has 0 bridgehead atoms. The maximum absolute atomic E-state index is 12.7. The molecule has 0 atom stereocenters. The molecule has 1 amide bonds. The van der Waals surface area contributed by atoms with E-state index in [1.807, 2.05) is 6.07 Å². The standard InChI is InChI=1S/C20H23N3O3/c1-3-26-20(25)18-9-5-8-17(21-18)19(24)23-12-10-22(11-13-23)16-7-4-6-15(2)14-16/h4-9,14H,3,10-13H2,1-2H3. The summed E-state index contributed by atoms with van der Waals surface area (Å²) in [6.07, 6.45) is 0. The lowest BCUT2D eigenvalue weighted by Crippen LogP contribution is -2.49. The Balaban J connectivity index is 1.65. The molecule has 3 rings (SSSR count). The fourth-order valence-electron chi connectivity index (χ4n) is 3.03.